The van der Waals surface area contributed by atoms with Crippen molar-refractivity contribution in [1.29, 1.82) is 5.26 Å². The zero-order chi connectivity index (χ0) is 21.1. The van der Waals surface area contributed by atoms with Gasteiger partial charge in [-0.2, -0.15) is 5.26 Å². The summed E-state index contributed by atoms with van der Waals surface area (Å²) in [6.45, 7) is 4.45. The van der Waals surface area contributed by atoms with E-state index in [4.69, 9.17) is 15.2 Å². The van der Waals surface area contributed by atoms with Crippen molar-refractivity contribution in [1.82, 2.24) is 14.5 Å². The molecule has 4 rings (SSSR count). The van der Waals surface area contributed by atoms with Crippen LogP contribution in [0.5, 0.6) is 5.75 Å². The quantitative estimate of drug-likeness (QED) is 0.674. The van der Waals surface area contributed by atoms with Crippen molar-refractivity contribution in [2.24, 2.45) is 0 Å². The molecule has 0 spiro atoms. The van der Waals surface area contributed by atoms with Gasteiger partial charge in [-0.05, 0) is 37.1 Å². The number of nitrogens with zero attached hydrogens (tertiary/aromatic N) is 5. The Morgan fingerprint density at radius 1 is 1.30 bits per heavy atom. The Bertz CT molecular complexity index is 1070. The monoisotopic (exact) mass is 404 g/mol. The zero-order valence-corrected chi connectivity index (χ0v) is 17.1. The predicted molar refractivity (Wildman–Crippen MR) is 115 cm³/mol. The second-order valence-electron chi connectivity index (χ2n) is 7.11. The van der Waals surface area contributed by atoms with E-state index in [0.29, 0.717) is 35.1 Å². The molecular formula is C22H24N6O2. The summed E-state index contributed by atoms with van der Waals surface area (Å²) in [5.41, 5.74) is 9.09. The lowest BCUT2D eigenvalue weighted by Crippen LogP contribution is -2.22. The van der Waals surface area contributed by atoms with Crippen LogP contribution in [0.25, 0.3) is 16.9 Å². The van der Waals surface area contributed by atoms with Crippen molar-refractivity contribution in [3.63, 3.8) is 0 Å². The normalized spacial score (nSPS) is 15.9. The number of rotatable bonds is 6. The molecule has 2 aromatic heterocycles. The van der Waals surface area contributed by atoms with Crippen molar-refractivity contribution in [2.75, 3.05) is 37.4 Å². The van der Waals surface area contributed by atoms with Gasteiger partial charge >= 0.3 is 0 Å². The van der Waals surface area contributed by atoms with Gasteiger partial charge in [0, 0.05) is 49.4 Å². The van der Waals surface area contributed by atoms with Gasteiger partial charge < -0.3 is 20.1 Å². The summed E-state index contributed by atoms with van der Waals surface area (Å²) in [7, 11) is 1.64. The van der Waals surface area contributed by atoms with Crippen LogP contribution in [0.15, 0.2) is 43.0 Å². The largest absolute Gasteiger partial charge is 0.497 e. The number of hydrogen-bond donors (Lipinski definition) is 1. The van der Waals surface area contributed by atoms with Gasteiger partial charge in [-0.15, -0.1) is 0 Å². The first kappa shape index (κ1) is 19.7. The van der Waals surface area contributed by atoms with E-state index >= 15 is 0 Å². The van der Waals surface area contributed by atoms with E-state index in [9.17, 15) is 5.26 Å². The maximum absolute atomic E-state index is 9.93. The molecule has 3 aromatic rings. The minimum Gasteiger partial charge on any atom is -0.497 e. The van der Waals surface area contributed by atoms with Gasteiger partial charge in [0.15, 0.2) is 5.82 Å². The number of hydrogen-bond acceptors (Lipinski definition) is 7. The van der Waals surface area contributed by atoms with Gasteiger partial charge in [-0.1, -0.05) is 0 Å². The molecule has 0 radical (unpaired) electrons. The van der Waals surface area contributed by atoms with Crippen molar-refractivity contribution in [3.8, 4) is 28.8 Å². The van der Waals surface area contributed by atoms with E-state index in [0.717, 1.165) is 30.8 Å². The van der Waals surface area contributed by atoms with Gasteiger partial charge in [0.25, 0.3) is 0 Å². The topological polar surface area (TPSA) is 102 Å². The number of pyridine rings is 1. The molecule has 0 unspecified atom stereocenters. The third kappa shape index (κ3) is 3.80. The zero-order valence-electron chi connectivity index (χ0n) is 17.1. The van der Waals surface area contributed by atoms with Crippen molar-refractivity contribution >= 4 is 11.5 Å². The fourth-order valence-electron chi connectivity index (χ4n) is 3.83. The molecule has 1 aromatic carbocycles. The van der Waals surface area contributed by atoms with Gasteiger partial charge in [0.1, 0.15) is 29.5 Å². The third-order valence-corrected chi connectivity index (χ3v) is 5.23. The highest BCUT2D eigenvalue weighted by molar-refractivity contribution is 5.79. The van der Waals surface area contributed by atoms with Crippen LogP contribution in [0.2, 0.25) is 0 Å². The number of benzene rings is 1. The fraction of sp³-hybridized carbons (Fsp3) is 0.318. The van der Waals surface area contributed by atoms with E-state index in [1.165, 1.54) is 0 Å². The fourth-order valence-corrected chi connectivity index (χ4v) is 3.83. The molecule has 30 heavy (non-hydrogen) atoms. The van der Waals surface area contributed by atoms with Gasteiger partial charge in [-0.3, -0.25) is 4.57 Å². The Kier molecular flexibility index (Phi) is 5.55. The number of nitrogen functional groups attached to an aromatic ring is 1. The lowest BCUT2D eigenvalue weighted by atomic mass is 9.99. The Balaban J connectivity index is 1.80. The van der Waals surface area contributed by atoms with Gasteiger partial charge in [0.2, 0.25) is 0 Å². The van der Waals surface area contributed by atoms with Crippen LogP contribution >= 0.6 is 0 Å². The van der Waals surface area contributed by atoms with Crippen LogP contribution in [-0.4, -0.2) is 47.4 Å². The highest BCUT2D eigenvalue weighted by Crippen LogP contribution is 2.35. The highest BCUT2D eigenvalue weighted by atomic mass is 16.5. The van der Waals surface area contributed by atoms with E-state index in [-0.39, 0.29) is 6.10 Å². The number of imidazole rings is 1. The molecule has 3 heterocycles. The maximum Gasteiger partial charge on any atom is 0.158 e. The lowest BCUT2D eigenvalue weighted by Gasteiger charge is -2.21. The molecule has 0 bridgehead atoms. The minimum absolute atomic E-state index is 0.226. The molecule has 1 atom stereocenters. The number of ether oxygens (including phenoxy) is 2. The number of aromatic nitrogens is 3. The number of nitrogens with two attached hydrogens (primary N) is 1. The smallest absolute Gasteiger partial charge is 0.158 e. The summed E-state index contributed by atoms with van der Waals surface area (Å²) in [4.78, 5) is 10.7. The molecule has 8 heteroatoms. The standard InChI is InChI=1S/C22H24N6O2/c1-3-30-17-4-6-27(13-17)16-8-15(9-18(10-16)29-2)19-11-21(24)26-22(20(19)12-23)28-7-5-25-14-28/h5,7-11,14,17H,3-4,6,13H2,1-2H3,(H2,24,26)/t17-/m0/s1. The lowest BCUT2D eigenvalue weighted by molar-refractivity contribution is 0.0787. The Hall–Kier alpha value is -3.57. The highest BCUT2D eigenvalue weighted by Gasteiger charge is 2.24. The van der Waals surface area contributed by atoms with Crippen molar-refractivity contribution in [2.45, 2.75) is 19.4 Å². The molecule has 8 nitrogen and oxygen atoms in total. The summed E-state index contributed by atoms with van der Waals surface area (Å²) in [5, 5.41) is 9.93. The van der Waals surface area contributed by atoms with E-state index in [1.54, 1.807) is 36.5 Å². The molecule has 0 aliphatic carbocycles. The molecular weight excluding hydrogens is 380 g/mol. The molecule has 0 saturated carbocycles. The Morgan fingerprint density at radius 3 is 2.87 bits per heavy atom. The van der Waals surface area contributed by atoms with Crippen LogP contribution in [0, 0.1) is 11.3 Å². The molecule has 1 fully saturated rings. The first-order valence-corrected chi connectivity index (χ1v) is 9.88. The summed E-state index contributed by atoms with van der Waals surface area (Å²) < 4.78 is 13.0. The third-order valence-electron chi connectivity index (χ3n) is 5.23. The number of methoxy groups -OCH3 is 1. The molecule has 0 amide bonds. The first-order valence-electron chi connectivity index (χ1n) is 9.88. The molecule has 154 valence electrons. The van der Waals surface area contributed by atoms with Gasteiger partial charge in [-0.25, -0.2) is 9.97 Å². The van der Waals surface area contributed by atoms with Crippen LogP contribution in [0.1, 0.15) is 18.9 Å². The molecule has 1 saturated heterocycles. The first-order chi connectivity index (χ1) is 14.6. The summed E-state index contributed by atoms with van der Waals surface area (Å²) in [5.74, 6) is 1.49. The average molecular weight is 404 g/mol. The summed E-state index contributed by atoms with van der Waals surface area (Å²) in [6.07, 6.45) is 6.18. The van der Waals surface area contributed by atoms with E-state index in [2.05, 4.69) is 27.0 Å². The Morgan fingerprint density at radius 2 is 2.17 bits per heavy atom. The number of anilines is 2. The Labute approximate surface area is 175 Å². The SMILES string of the molecule is CCO[C@H]1CCN(c2cc(OC)cc(-c3cc(N)nc(-n4ccnc4)c3C#N)c2)C1. The van der Waals surface area contributed by atoms with Crippen LogP contribution in [0.3, 0.4) is 0 Å². The maximum atomic E-state index is 9.93. The van der Waals surface area contributed by atoms with E-state index < -0.39 is 0 Å². The van der Waals surface area contributed by atoms with Crippen LogP contribution < -0.4 is 15.4 Å². The van der Waals surface area contributed by atoms with Crippen molar-refractivity contribution in [3.05, 3.63) is 48.5 Å². The second-order valence-corrected chi connectivity index (χ2v) is 7.11. The molecule has 2 N–H and O–H groups in total. The second kappa shape index (κ2) is 8.43. The minimum atomic E-state index is 0.226. The summed E-state index contributed by atoms with van der Waals surface area (Å²) >= 11 is 0. The summed E-state index contributed by atoms with van der Waals surface area (Å²) in [6, 6.07) is 9.99. The van der Waals surface area contributed by atoms with Crippen LogP contribution in [0.4, 0.5) is 11.5 Å². The van der Waals surface area contributed by atoms with E-state index in [1.807, 2.05) is 19.1 Å². The predicted octanol–water partition coefficient (Wildman–Crippen LogP) is 3.01. The number of nitriles is 1. The molecule has 1 aliphatic rings. The van der Waals surface area contributed by atoms with Gasteiger partial charge in [0.05, 0.1) is 13.2 Å². The average Bonchev–Trinajstić information content (AvgIpc) is 3.45. The van der Waals surface area contributed by atoms with Crippen molar-refractivity contribution < 1.29 is 9.47 Å². The molecule has 1 aliphatic heterocycles. The van der Waals surface area contributed by atoms with Crippen LogP contribution in [-0.2, 0) is 4.74 Å².